The molecule has 0 N–H and O–H groups in total. The topological polar surface area (TPSA) is 55.3 Å². The van der Waals surface area contributed by atoms with Crippen LogP contribution in [0.2, 0.25) is 0 Å². The van der Waals surface area contributed by atoms with Gasteiger partial charge in [0.25, 0.3) is 0 Å². The van der Waals surface area contributed by atoms with Crippen LogP contribution in [0.25, 0.3) is 0 Å². The number of ether oxygens (including phenoxy) is 1. The molecule has 1 saturated heterocycles. The Labute approximate surface area is 130 Å². The number of piperidine rings is 1. The number of hydrogen-bond acceptors (Lipinski definition) is 5. The minimum absolute atomic E-state index is 0.219. The van der Waals surface area contributed by atoms with E-state index in [0.717, 1.165) is 30.1 Å². The third-order valence-corrected chi connectivity index (χ3v) is 4.49. The van der Waals surface area contributed by atoms with E-state index >= 15 is 0 Å². The SMILES string of the molecule is Cc1nccnc1S[C@H]1CCCN(C(=O)OC(C)(C)C)C1. The zero-order valence-electron chi connectivity index (χ0n) is 13.1. The van der Waals surface area contributed by atoms with E-state index in [4.69, 9.17) is 4.74 Å². The molecule has 116 valence electrons. The Morgan fingerprint density at radius 3 is 2.76 bits per heavy atom. The average Bonchev–Trinajstić information content (AvgIpc) is 2.40. The number of thioether (sulfide) groups is 1. The van der Waals surface area contributed by atoms with E-state index in [9.17, 15) is 4.79 Å². The number of rotatable bonds is 2. The van der Waals surface area contributed by atoms with Crippen LogP contribution in [0, 0.1) is 6.92 Å². The molecule has 2 heterocycles. The van der Waals surface area contributed by atoms with Gasteiger partial charge >= 0.3 is 6.09 Å². The number of carbonyl (C=O) groups is 1. The number of hydrogen-bond donors (Lipinski definition) is 0. The highest BCUT2D eigenvalue weighted by Gasteiger charge is 2.28. The minimum Gasteiger partial charge on any atom is -0.444 e. The maximum atomic E-state index is 12.1. The lowest BCUT2D eigenvalue weighted by molar-refractivity contribution is 0.0220. The number of carbonyl (C=O) groups excluding carboxylic acids is 1. The predicted octanol–water partition coefficient (Wildman–Crippen LogP) is 3.28. The largest absolute Gasteiger partial charge is 0.444 e. The van der Waals surface area contributed by atoms with Crippen LogP contribution in [0.3, 0.4) is 0 Å². The summed E-state index contributed by atoms with van der Waals surface area (Å²) >= 11 is 1.71. The molecule has 6 heteroatoms. The lowest BCUT2D eigenvalue weighted by atomic mass is 10.1. The minimum atomic E-state index is -0.446. The van der Waals surface area contributed by atoms with Crippen LogP contribution in [-0.2, 0) is 4.74 Å². The summed E-state index contributed by atoms with van der Waals surface area (Å²) in [4.78, 5) is 22.6. The molecule has 5 nitrogen and oxygen atoms in total. The van der Waals surface area contributed by atoms with Crippen molar-refractivity contribution in [3.05, 3.63) is 18.1 Å². The lowest BCUT2D eigenvalue weighted by Crippen LogP contribution is -2.43. The Morgan fingerprint density at radius 1 is 1.38 bits per heavy atom. The summed E-state index contributed by atoms with van der Waals surface area (Å²) in [7, 11) is 0. The summed E-state index contributed by atoms with van der Waals surface area (Å²) in [5.74, 6) is 0. The Kier molecular flexibility index (Phi) is 5.08. The molecule has 0 radical (unpaired) electrons. The van der Waals surface area contributed by atoms with E-state index in [-0.39, 0.29) is 6.09 Å². The monoisotopic (exact) mass is 309 g/mol. The van der Waals surface area contributed by atoms with Crippen LogP contribution >= 0.6 is 11.8 Å². The number of aromatic nitrogens is 2. The van der Waals surface area contributed by atoms with E-state index in [1.165, 1.54) is 0 Å². The van der Waals surface area contributed by atoms with Crippen molar-refractivity contribution in [2.45, 2.75) is 56.4 Å². The summed E-state index contributed by atoms with van der Waals surface area (Å²) in [5.41, 5.74) is 0.496. The molecule has 1 aliphatic rings. The molecule has 0 unspecified atom stereocenters. The molecule has 1 aliphatic heterocycles. The van der Waals surface area contributed by atoms with E-state index in [0.29, 0.717) is 11.8 Å². The number of amides is 1. The maximum Gasteiger partial charge on any atom is 0.410 e. The number of nitrogens with zero attached hydrogens (tertiary/aromatic N) is 3. The summed E-state index contributed by atoms with van der Waals surface area (Å²) in [6, 6.07) is 0. The number of likely N-dealkylation sites (tertiary alicyclic amines) is 1. The molecule has 1 atom stereocenters. The zero-order valence-corrected chi connectivity index (χ0v) is 13.9. The van der Waals surface area contributed by atoms with Gasteiger partial charge in [-0.05, 0) is 40.5 Å². The van der Waals surface area contributed by atoms with Crippen molar-refractivity contribution in [1.29, 1.82) is 0 Å². The van der Waals surface area contributed by atoms with Gasteiger partial charge in [-0.1, -0.05) is 11.8 Å². The molecule has 1 aromatic heterocycles. The van der Waals surface area contributed by atoms with Crippen molar-refractivity contribution >= 4 is 17.9 Å². The van der Waals surface area contributed by atoms with Crippen LogP contribution in [0.1, 0.15) is 39.3 Å². The molecule has 0 bridgehead atoms. The van der Waals surface area contributed by atoms with Gasteiger partial charge in [0, 0.05) is 30.7 Å². The maximum absolute atomic E-state index is 12.1. The molecule has 2 rings (SSSR count). The van der Waals surface area contributed by atoms with Gasteiger partial charge in [-0.2, -0.15) is 0 Å². The van der Waals surface area contributed by atoms with Crippen LogP contribution in [0.4, 0.5) is 4.79 Å². The van der Waals surface area contributed by atoms with Gasteiger partial charge < -0.3 is 9.64 Å². The fourth-order valence-corrected chi connectivity index (χ4v) is 3.39. The quantitative estimate of drug-likeness (QED) is 0.839. The first-order valence-corrected chi connectivity index (χ1v) is 8.15. The van der Waals surface area contributed by atoms with E-state index < -0.39 is 5.60 Å². The van der Waals surface area contributed by atoms with Crippen LogP contribution < -0.4 is 0 Å². The third kappa shape index (κ3) is 4.88. The Balaban J connectivity index is 1.95. The Bertz CT molecular complexity index is 502. The first-order chi connectivity index (χ1) is 9.85. The molecule has 0 spiro atoms. The van der Waals surface area contributed by atoms with Gasteiger partial charge in [0.05, 0.1) is 5.69 Å². The second-order valence-corrected chi connectivity index (χ2v) is 7.54. The molecule has 1 fully saturated rings. The van der Waals surface area contributed by atoms with Crippen LogP contribution in [0.15, 0.2) is 17.4 Å². The van der Waals surface area contributed by atoms with Crippen LogP contribution in [-0.4, -0.2) is 44.9 Å². The molecule has 1 amide bonds. The molecule has 0 aliphatic carbocycles. The predicted molar refractivity (Wildman–Crippen MR) is 83.5 cm³/mol. The Hall–Kier alpha value is -1.30. The van der Waals surface area contributed by atoms with Gasteiger partial charge in [-0.25, -0.2) is 9.78 Å². The van der Waals surface area contributed by atoms with Gasteiger partial charge in [0.2, 0.25) is 0 Å². The molecule has 21 heavy (non-hydrogen) atoms. The summed E-state index contributed by atoms with van der Waals surface area (Å²) in [6.07, 6.45) is 5.27. The van der Waals surface area contributed by atoms with Crippen molar-refractivity contribution in [1.82, 2.24) is 14.9 Å². The van der Waals surface area contributed by atoms with Crippen molar-refractivity contribution in [2.75, 3.05) is 13.1 Å². The van der Waals surface area contributed by atoms with Gasteiger partial charge in [0.15, 0.2) is 0 Å². The summed E-state index contributed by atoms with van der Waals surface area (Å²) in [5, 5.41) is 1.30. The van der Waals surface area contributed by atoms with Crippen molar-refractivity contribution < 1.29 is 9.53 Å². The Morgan fingerprint density at radius 2 is 2.10 bits per heavy atom. The standard InChI is InChI=1S/C15H23N3O2S/c1-11-13(17-8-7-16-11)21-12-6-5-9-18(10-12)14(19)20-15(2,3)4/h7-8,12H,5-6,9-10H2,1-4H3/t12-/m0/s1. The van der Waals surface area contributed by atoms with Gasteiger partial charge in [0.1, 0.15) is 10.6 Å². The normalized spacial score (nSPS) is 19.4. The van der Waals surface area contributed by atoms with Crippen molar-refractivity contribution in [3.8, 4) is 0 Å². The first kappa shape index (κ1) is 16.1. The van der Waals surface area contributed by atoms with Crippen molar-refractivity contribution in [2.24, 2.45) is 0 Å². The smallest absolute Gasteiger partial charge is 0.410 e. The molecule has 1 aromatic rings. The molecule has 0 aromatic carbocycles. The molecular formula is C15H23N3O2S. The number of aryl methyl sites for hydroxylation is 1. The third-order valence-electron chi connectivity index (χ3n) is 3.14. The molecular weight excluding hydrogens is 286 g/mol. The van der Waals surface area contributed by atoms with Crippen molar-refractivity contribution in [3.63, 3.8) is 0 Å². The summed E-state index contributed by atoms with van der Waals surface area (Å²) < 4.78 is 5.45. The highest BCUT2D eigenvalue weighted by molar-refractivity contribution is 7.99. The summed E-state index contributed by atoms with van der Waals surface area (Å²) in [6.45, 7) is 9.11. The second-order valence-electron chi connectivity index (χ2n) is 6.26. The average molecular weight is 309 g/mol. The second kappa shape index (κ2) is 6.64. The van der Waals surface area contributed by atoms with E-state index in [2.05, 4.69) is 9.97 Å². The fourth-order valence-electron chi connectivity index (χ4n) is 2.20. The highest BCUT2D eigenvalue weighted by Crippen LogP contribution is 2.29. The molecule has 0 saturated carbocycles. The van der Waals surface area contributed by atoms with E-state index in [1.807, 2.05) is 27.7 Å². The van der Waals surface area contributed by atoms with Crippen LogP contribution in [0.5, 0.6) is 0 Å². The van der Waals surface area contributed by atoms with E-state index in [1.54, 1.807) is 29.1 Å². The van der Waals surface area contributed by atoms with Gasteiger partial charge in [-0.3, -0.25) is 4.98 Å². The zero-order chi connectivity index (χ0) is 15.5. The lowest BCUT2D eigenvalue weighted by Gasteiger charge is -2.33. The first-order valence-electron chi connectivity index (χ1n) is 7.27. The fraction of sp³-hybridized carbons (Fsp3) is 0.667. The highest BCUT2D eigenvalue weighted by atomic mass is 32.2. The van der Waals surface area contributed by atoms with Gasteiger partial charge in [-0.15, -0.1) is 0 Å².